The van der Waals surface area contributed by atoms with Crippen LogP contribution in [0.2, 0.25) is 0 Å². The smallest absolute Gasteiger partial charge is 0.336 e. The number of halogens is 3. The van der Waals surface area contributed by atoms with Crippen LogP contribution in [0.5, 0.6) is 0 Å². The molecule has 4 nitrogen and oxygen atoms in total. The maximum absolute atomic E-state index is 14.7. The first kappa shape index (κ1) is 23.3. The summed E-state index contributed by atoms with van der Waals surface area (Å²) in [6.45, 7) is 1.60. The van der Waals surface area contributed by atoms with Gasteiger partial charge in [-0.05, 0) is 41.8 Å². The van der Waals surface area contributed by atoms with Gasteiger partial charge >= 0.3 is 5.97 Å². The largest absolute Gasteiger partial charge is 0.457 e. The second-order valence-electron chi connectivity index (χ2n) is 8.09. The number of esters is 1. The lowest BCUT2D eigenvalue weighted by molar-refractivity contribution is -0.141. The first-order valence-corrected chi connectivity index (χ1v) is 10.7. The van der Waals surface area contributed by atoms with Crippen LogP contribution in [-0.2, 0) is 27.5 Å². The summed E-state index contributed by atoms with van der Waals surface area (Å²) in [7, 11) is 0. The third-order valence-electron chi connectivity index (χ3n) is 5.82. The Kier molecular flexibility index (Phi) is 6.82. The lowest BCUT2D eigenvalue weighted by Crippen LogP contribution is -2.38. The van der Waals surface area contributed by atoms with E-state index in [4.69, 9.17) is 4.74 Å². The van der Waals surface area contributed by atoms with Crippen molar-refractivity contribution in [2.45, 2.75) is 32.4 Å². The molecule has 0 fully saturated rings. The molecule has 0 N–H and O–H groups in total. The van der Waals surface area contributed by atoms with Crippen LogP contribution in [0.1, 0.15) is 36.0 Å². The number of allylic oxidation sites excluding steroid dienone is 1. The normalized spacial score (nSPS) is 16.1. The van der Waals surface area contributed by atoms with Crippen molar-refractivity contribution in [1.29, 1.82) is 0 Å². The highest BCUT2D eigenvalue weighted by Crippen LogP contribution is 2.39. The summed E-state index contributed by atoms with van der Waals surface area (Å²) in [5.41, 5.74) is 1.73. The second-order valence-corrected chi connectivity index (χ2v) is 8.09. The Morgan fingerprint density at radius 3 is 2.35 bits per heavy atom. The highest BCUT2D eigenvalue weighted by Gasteiger charge is 2.38. The van der Waals surface area contributed by atoms with Gasteiger partial charge < -0.3 is 9.64 Å². The number of carbonyl (C=O) groups is 2. The van der Waals surface area contributed by atoms with Gasteiger partial charge in [0, 0.05) is 24.1 Å². The molecule has 1 aliphatic rings. The highest BCUT2D eigenvalue weighted by molar-refractivity contribution is 5.95. The van der Waals surface area contributed by atoms with Crippen molar-refractivity contribution in [3.8, 4) is 0 Å². The van der Waals surface area contributed by atoms with E-state index in [-0.39, 0.29) is 42.3 Å². The number of amides is 1. The van der Waals surface area contributed by atoms with Gasteiger partial charge in [-0.15, -0.1) is 0 Å². The van der Waals surface area contributed by atoms with Gasteiger partial charge in [0.2, 0.25) is 5.91 Å². The molecule has 1 amide bonds. The van der Waals surface area contributed by atoms with E-state index in [0.29, 0.717) is 5.56 Å². The number of rotatable bonds is 6. The minimum atomic E-state index is -0.944. The summed E-state index contributed by atoms with van der Waals surface area (Å²) in [4.78, 5) is 27.6. The quantitative estimate of drug-likeness (QED) is 0.443. The molecule has 3 aromatic carbocycles. The van der Waals surface area contributed by atoms with Crippen molar-refractivity contribution in [3.05, 3.63) is 118 Å². The molecule has 3 aromatic rings. The molecule has 0 spiro atoms. The van der Waals surface area contributed by atoms with Gasteiger partial charge in [0.25, 0.3) is 0 Å². The predicted molar refractivity (Wildman–Crippen MR) is 120 cm³/mol. The molecule has 174 valence electrons. The van der Waals surface area contributed by atoms with Gasteiger partial charge in [0.05, 0.1) is 12.1 Å². The van der Waals surface area contributed by atoms with Gasteiger partial charge in [-0.1, -0.05) is 48.5 Å². The van der Waals surface area contributed by atoms with Crippen LogP contribution in [-0.4, -0.2) is 16.8 Å². The van der Waals surface area contributed by atoms with Crippen molar-refractivity contribution in [2.75, 3.05) is 0 Å². The van der Waals surface area contributed by atoms with Crippen molar-refractivity contribution in [2.24, 2.45) is 0 Å². The van der Waals surface area contributed by atoms with Gasteiger partial charge in [-0.3, -0.25) is 4.79 Å². The minimum absolute atomic E-state index is 0.00703. The summed E-state index contributed by atoms with van der Waals surface area (Å²) in [5, 5.41) is 0. The van der Waals surface area contributed by atoms with Crippen LogP contribution >= 0.6 is 0 Å². The summed E-state index contributed by atoms with van der Waals surface area (Å²) < 4.78 is 47.4. The van der Waals surface area contributed by atoms with E-state index in [1.807, 2.05) is 18.2 Å². The lowest BCUT2D eigenvalue weighted by Gasteiger charge is -2.34. The number of benzene rings is 3. The summed E-state index contributed by atoms with van der Waals surface area (Å²) >= 11 is 0. The maximum Gasteiger partial charge on any atom is 0.336 e. The zero-order valence-corrected chi connectivity index (χ0v) is 18.4. The summed E-state index contributed by atoms with van der Waals surface area (Å²) in [6.07, 6.45) is -0.217. The third-order valence-corrected chi connectivity index (χ3v) is 5.82. The average molecular weight is 465 g/mol. The van der Waals surface area contributed by atoms with Crippen LogP contribution in [0.4, 0.5) is 13.2 Å². The Morgan fingerprint density at radius 1 is 0.941 bits per heavy atom. The molecule has 34 heavy (non-hydrogen) atoms. The summed E-state index contributed by atoms with van der Waals surface area (Å²) in [5.74, 6) is -4.07. The number of hydrogen-bond acceptors (Lipinski definition) is 3. The molecule has 1 heterocycles. The number of hydrogen-bond donors (Lipinski definition) is 0. The fraction of sp³-hybridized carbons (Fsp3) is 0.185. The Hall–Kier alpha value is -3.87. The molecule has 0 bridgehead atoms. The van der Waals surface area contributed by atoms with Gasteiger partial charge in [-0.2, -0.15) is 0 Å². The van der Waals surface area contributed by atoms with Crippen molar-refractivity contribution >= 4 is 11.9 Å². The number of ether oxygens (including phenoxy) is 1. The standard InChI is InChI=1S/C27H22F3NO3/c1-17-26(27(33)34-16-18-6-3-2-4-7-18)23(22-11-10-21(29)13-24(22)30)14-25(32)31(17)15-19-8-5-9-20(28)12-19/h2-13,23H,14-16H2,1H3/t23-/m1/s1. The molecule has 0 saturated carbocycles. The molecule has 0 saturated heterocycles. The van der Waals surface area contributed by atoms with Crippen LogP contribution in [0.3, 0.4) is 0 Å². The van der Waals surface area contributed by atoms with Crippen LogP contribution < -0.4 is 0 Å². The zero-order valence-electron chi connectivity index (χ0n) is 18.4. The van der Waals surface area contributed by atoms with E-state index in [1.54, 1.807) is 25.1 Å². The van der Waals surface area contributed by atoms with Gasteiger partial charge in [-0.25, -0.2) is 18.0 Å². The average Bonchev–Trinajstić information content (AvgIpc) is 2.81. The molecule has 0 aliphatic carbocycles. The van der Waals surface area contributed by atoms with Crippen LogP contribution in [0.25, 0.3) is 0 Å². The fourth-order valence-corrected chi connectivity index (χ4v) is 4.14. The Labute approximate surface area is 195 Å². The molecule has 1 aliphatic heterocycles. The minimum Gasteiger partial charge on any atom is -0.457 e. The molecule has 7 heteroatoms. The van der Waals surface area contributed by atoms with E-state index >= 15 is 0 Å². The van der Waals surface area contributed by atoms with Gasteiger partial charge in [0.1, 0.15) is 24.1 Å². The van der Waals surface area contributed by atoms with Crippen LogP contribution in [0, 0.1) is 17.5 Å². The Bertz CT molecular complexity index is 1260. The molecule has 0 radical (unpaired) electrons. The fourth-order valence-electron chi connectivity index (χ4n) is 4.14. The first-order valence-electron chi connectivity index (χ1n) is 10.7. The highest BCUT2D eigenvalue weighted by atomic mass is 19.1. The number of nitrogens with zero attached hydrogens (tertiary/aromatic N) is 1. The molecular formula is C27H22F3NO3. The van der Waals surface area contributed by atoms with E-state index < -0.39 is 29.3 Å². The monoisotopic (exact) mass is 465 g/mol. The molecule has 0 aromatic heterocycles. The maximum atomic E-state index is 14.7. The van der Waals surface area contributed by atoms with E-state index in [1.165, 1.54) is 29.2 Å². The number of carbonyl (C=O) groups excluding carboxylic acids is 2. The van der Waals surface area contributed by atoms with Crippen LogP contribution in [0.15, 0.2) is 84.1 Å². The second kappa shape index (κ2) is 9.95. The van der Waals surface area contributed by atoms with Gasteiger partial charge in [0.15, 0.2) is 0 Å². The first-order chi connectivity index (χ1) is 16.3. The van der Waals surface area contributed by atoms with Crippen molar-refractivity contribution in [3.63, 3.8) is 0 Å². The Morgan fingerprint density at radius 2 is 1.65 bits per heavy atom. The van der Waals surface area contributed by atoms with E-state index in [9.17, 15) is 22.8 Å². The third kappa shape index (κ3) is 5.03. The summed E-state index contributed by atoms with van der Waals surface area (Å²) in [6, 6.07) is 17.9. The molecule has 0 unspecified atom stereocenters. The molecule has 4 rings (SSSR count). The molecular weight excluding hydrogens is 443 g/mol. The lowest BCUT2D eigenvalue weighted by atomic mass is 9.83. The van der Waals surface area contributed by atoms with E-state index in [2.05, 4.69) is 0 Å². The topological polar surface area (TPSA) is 46.6 Å². The molecule has 1 atom stereocenters. The van der Waals surface area contributed by atoms with Crippen molar-refractivity contribution < 1.29 is 27.5 Å². The SMILES string of the molecule is CC1=C(C(=O)OCc2ccccc2)[C@@H](c2ccc(F)cc2F)CC(=O)N1Cc1cccc(F)c1. The predicted octanol–water partition coefficient (Wildman–Crippen LogP) is 5.64. The zero-order chi connectivity index (χ0) is 24.2. The van der Waals surface area contributed by atoms with E-state index in [0.717, 1.165) is 17.7 Å². The Balaban J connectivity index is 1.71. The van der Waals surface area contributed by atoms with Crippen molar-refractivity contribution in [1.82, 2.24) is 4.90 Å².